The highest BCUT2D eigenvalue weighted by Crippen LogP contribution is 2.25. The van der Waals surface area contributed by atoms with Crippen LogP contribution < -0.4 is 10.1 Å². The Morgan fingerprint density at radius 2 is 2.05 bits per heavy atom. The van der Waals surface area contributed by atoms with E-state index in [1.165, 1.54) is 0 Å². The molecule has 1 aromatic carbocycles. The summed E-state index contributed by atoms with van der Waals surface area (Å²) in [7, 11) is 1.67. The lowest BCUT2D eigenvalue weighted by atomic mass is 10.1. The Kier molecular flexibility index (Phi) is 5.81. The van der Waals surface area contributed by atoms with Gasteiger partial charge in [-0.15, -0.1) is 0 Å². The molecule has 114 valence electrons. The standard InChI is InChI=1S/C17H24N2O2/c1-13(2)7-10-21-11-9-19-17-16-12-15(20-3)5-4-14(16)6-8-18-17/h4-6,8,12-13H,7,9-11H2,1-3H3,(H,18,19). The summed E-state index contributed by atoms with van der Waals surface area (Å²) in [6.07, 6.45) is 2.92. The molecule has 1 aromatic heterocycles. The molecule has 0 saturated heterocycles. The molecule has 0 bridgehead atoms. The first-order valence-corrected chi connectivity index (χ1v) is 7.45. The first-order chi connectivity index (χ1) is 10.2. The predicted molar refractivity (Wildman–Crippen MR) is 87.1 cm³/mol. The largest absolute Gasteiger partial charge is 0.497 e. The lowest BCUT2D eigenvalue weighted by molar-refractivity contribution is 0.132. The fourth-order valence-electron chi connectivity index (χ4n) is 2.08. The van der Waals surface area contributed by atoms with E-state index in [9.17, 15) is 0 Å². The number of benzene rings is 1. The van der Waals surface area contributed by atoms with E-state index in [4.69, 9.17) is 9.47 Å². The van der Waals surface area contributed by atoms with Gasteiger partial charge in [-0.2, -0.15) is 0 Å². The van der Waals surface area contributed by atoms with Crippen LogP contribution in [-0.2, 0) is 4.74 Å². The van der Waals surface area contributed by atoms with E-state index in [0.717, 1.165) is 41.9 Å². The monoisotopic (exact) mass is 288 g/mol. The third kappa shape index (κ3) is 4.60. The van der Waals surface area contributed by atoms with Gasteiger partial charge in [0.25, 0.3) is 0 Å². The Bertz CT molecular complexity index is 570. The second-order valence-electron chi connectivity index (χ2n) is 5.47. The molecule has 0 spiro atoms. The van der Waals surface area contributed by atoms with Crippen LogP contribution in [0.15, 0.2) is 30.5 Å². The molecule has 2 aromatic rings. The van der Waals surface area contributed by atoms with Crippen molar-refractivity contribution in [1.82, 2.24) is 4.98 Å². The number of methoxy groups -OCH3 is 1. The average molecular weight is 288 g/mol. The number of ether oxygens (including phenoxy) is 2. The van der Waals surface area contributed by atoms with Crippen LogP contribution in [0.2, 0.25) is 0 Å². The topological polar surface area (TPSA) is 43.4 Å². The van der Waals surface area contributed by atoms with Crippen LogP contribution in [0.25, 0.3) is 10.8 Å². The quantitative estimate of drug-likeness (QED) is 0.752. The number of rotatable bonds is 8. The SMILES string of the molecule is COc1ccc2ccnc(NCCOCCC(C)C)c2c1. The fourth-order valence-corrected chi connectivity index (χ4v) is 2.08. The van der Waals surface area contributed by atoms with E-state index in [1.54, 1.807) is 7.11 Å². The maximum Gasteiger partial charge on any atom is 0.134 e. The van der Waals surface area contributed by atoms with E-state index in [2.05, 4.69) is 24.1 Å². The van der Waals surface area contributed by atoms with E-state index in [1.807, 2.05) is 30.5 Å². The van der Waals surface area contributed by atoms with Gasteiger partial charge in [-0.05, 0) is 35.9 Å². The summed E-state index contributed by atoms with van der Waals surface area (Å²) in [4.78, 5) is 4.41. The summed E-state index contributed by atoms with van der Waals surface area (Å²) in [5.41, 5.74) is 0. The van der Waals surface area contributed by atoms with Gasteiger partial charge < -0.3 is 14.8 Å². The summed E-state index contributed by atoms with van der Waals surface area (Å²) in [5, 5.41) is 5.55. The van der Waals surface area contributed by atoms with Crippen molar-refractivity contribution in [2.24, 2.45) is 5.92 Å². The Morgan fingerprint density at radius 3 is 2.81 bits per heavy atom. The minimum atomic E-state index is 0.685. The second kappa shape index (κ2) is 7.84. The highest BCUT2D eigenvalue weighted by Gasteiger charge is 2.03. The minimum Gasteiger partial charge on any atom is -0.497 e. The molecule has 0 aliphatic rings. The van der Waals surface area contributed by atoms with Gasteiger partial charge in [0.05, 0.1) is 13.7 Å². The van der Waals surface area contributed by atoms with Crippen LogP contribution in [0.5, 0.6) is 5.75 Å². The lowest BCUT2D eigenvalue weighted by Gasteiger charge is -2.10. The molecular formula is C17H24N2O2. The van der Waals surface area contributed by atoms with Crippen molar-refractivity contribution in [2.45, 2.75) is 20.3 Å². The normalized spacial score (nSPS) is 11.0. The predicted octanol–water partition coefficient (Wildman–Crippen LogP) is 3.72. The number of anilines is 1. The number of nitrogens with one attached hydrogen (secondary N) is 1. The number of hydrogen-bond donors (Lipinski definition) is 1. The highest BCUT2D eigenvalue weighted by molar-refractivity contribution is 5.92. The van der Waals surface area contributed by atoms with Crippen LogP contribution in [0.4, 0.5) is 5.82 Å². The van der Waals surface area contributed by atoms with Gasteiger partial charge in [-0.3, -0.25) is 0 Å². The molecule has 0 aliphatic heterocycles. The van der Waals surface area contributed by atoms with Gasteiger partial charge in [-0.1, -0.05) is 19.9 Å². The second-order valence-corrected chi connectivity index (χ2v) is 5.47. The molecule has 4 heteroatoms. The molecule has 0 amide bonds. The summed E-state index contributed by atoms with van der Waals surface area (Å²) >= 11 is 0. The number of nitrogens with zero attached hydrogens (tertiary/aromatic N) is 1. The van der Waals surface area contributed by atoms with Crippen LogP contribution in [0.1, 0.15) is 20.3 Å². The van der Waals surface area contributed by atoms with E-state index >= 15 is 0 Å². The van der Waals surface area contributed by atoms with Gasteiger partial charge in [-0.25, -0.2) is 4.98 Å². The fraction of sp³-hybridized carbons (Fsp3) is 0.471. The average Bonchev–Trinajstić information content (AvgIpc) is 2.50. The first-order valence-electron chi connectivity index (χ1n) is 7.45. The van der Waals surface area contributed by atoms with Crippen molar-refractivity contribution < 1.29 is 9.47 Å². The summed E-state index contributed by atoms with van der Waals surface area (Å²) in [6.45, 7) is 6.66. The van der Waals surface area contributed by atoms with Gasteiger partial charge in [0.1, 0.15) is 11.6 Å². The molecule has 0 fully saturated rings. The molecule has 0 saturated carbocycles. The van der Waals surface area contributed by atoms with Crippen LogP contribution in [0.3, 0.4) is 0 Å². The molecule has 21 heavy (non-hydrogen) atoms. The van der Waals surface area contributed by atoms with Crippen LogP contribution >= 0.6 is 0 Å². The van der Waals surface area contributed by atoms with E-state index in [0.29, 0.717) is 12.5 Å². The zero-order chi connectivity index (χ0) is 15.1. The van der Waals surface area contributed by atoms with Gasteiger partial charge >= 0.3 is 0 Å². The first kappa shape index (κ1) is 15.6. The van der Waals surface area contributed by atoms with E-state index < -0.39 is 0 Å². The van der Waals surface area contributed by atoms with E-state index in [-0.39, 0.29) is 0 Å². The molecule has 0 atom stereocenters. The van der Waals surface area contributed by atoms with Crippen LogP contribution in [-0.4, -0.2) is 31.9 Å². The molecule has 1 N–H and O–H groups in total. The third-order valence-corrected chi connectivity index (χ3v) is 3.35. The van der Waals surface area contributed by atoms with Crippen molar-refractivity contribution in [1.29, 1.82) is 0 Å². The Hall–Kier alpha value is -1.81. The summed E-state index contributed by atoms with van der Waals surface area (Å²) in [6, 6.07) is 8.00. The maximum atomic E-state index is 5.61. The molecule has 0 aliphatic carbocycles. The van der Waals surface area contributed by atoms with Crippen LogP contribution in [0, 0.1) is 5.92 Å². The van der Waals surface area contributed by atoms with Gasteiger partial charge in [0.15, 0.2) is 0 Å². The number of hydrogen-bond acceptors (Lipinski definition) is 4. The van der Waals surface area contributed by atoms with Crippen molar-refractivity contribution in [3.63, 3.8) is 0 Å². The Labute approximate surface area is 126 Å². The molecule has 4 nitrogen and oxygen atoms in total. The number of fused-ring (bicyclic) bond motifs is 1. The molecule has 2 rings (SSSR count). The zero-order valence-electron chi connectivity index (χ0n) is 13.1. The minimum absolute atomic E-state index is 0.685. The van der Waals surface area contributed by atoms with Gasteiger partial charge in [0.2, 0.25) is 0 Å². The highest BCUT2D eigenvalue weighted by atomic mass is 16.5. The third-order valence-electron chi connectivity index (χ3n) is 3.35. The van der Waals surface area contributed by atoms with Crippen molar-refractivity contribution in [3.8, 4) is 5.75 Å². The molecular weight excluding hydrogens is 264 g/mol. The van der Waals surface area contributed by atoms with Crippen molar-refractivity contribution in [3.05, 3.63) is 30.5 Å². The molecule has 0 unspecified atom stereocenters. The maximum absolute atomic E-state index is 5.61. The molecule has 0 radical (unpaired) electrons. The number of pyridine rings is 1. The zero-order valence-corrected chi connectivity index (χ0v) is 13.1. The smallest absolute Gasteiger partial charge is 0.134 e. The van der Waals surface area contributed by atoms with Crippen molar-refractivity contribution >= 4 is 16.6 Å². The number of aromatic nitrogens is 1. The Balaban J connectivity index is 1.92. The Morgan fingerprint density at radius 1 is 1.19 bits per heavy atom. The summed E-state index contributed by atoms with van der Waals surface area (Å²) in [5.74, 6) is 2.40. The lowest BCUT2D eigenvalue weighted by Crippen LogP contribution is -2.11. The summed E-state index contributed by atoms with van der Waals surface area (Å²) < 4.78 is 10.9. The van der Waals surface area contributed by atoms with Crippen molar-refractivity contribution in [2.75, 3.05) is 32.2 Å². The van der Waals surface area contributed by atoms with Gasteiger partial charge in [0, 0.05) is 24.7 Å². The molecule has 1 heterocycles.